The number of ether oxygens (including phenoxy) is 8. The van der Waals surface area contributed by atoms with Crippen molar-refractivity contribution in [1.29, 1.82) is 0 Å². The Morgan fingerprint density at radius 2 is 1.65 bits per heavy atom. The molecule has 3 N–H and O–H groups in total. The highest BCUT2D eigenvalue weighted by Crippen LogP contribution is 2.51. The highest BCUT2D eigenvalue weighted by molar-refractivity contribution is 5.73. The summed E-state index contributed by atoms with van der Waals surface area (Å²) in [6.07, 6.45) is -3.01. The summed E-state index contributed by atoms with van der Waals surface area (Å²) in [4.78, 5) is 16.5. The van der Waals surface area contributed by atoms with Crippen molar-refractivity contribution in [1.82, 2.24) is 10.2 Å². The zero-order chi connectivity index (χ0) is 40.9. The van der Waals surface area contributed by atoms with Gasteiger partial charge >= 0.3 is 5.97 Å². The average molecular weight is 775 g/mol. The van der Waals surface area contributed by atoms with Crippen LogP contribution in [0.1, 0.15) is 109 Å². The Kier molecular flexibility index (Phi) is 17.3. The van der Waals surface area contributed by atoms with E-state index in [0.717, 1.165) is 12.8 Å². The fourth-order valence-electron chi connectivity index (χ4n) is 8.60. The number of hydrogen-bond donors (Lipinski definition) is 3. The minimum Gasteiger partial charge on any atom is -0.459 e. The van der Waals surface area contributed by atoms with Gasteiger partial charge in [-0.3, -0.25) is 4.79 Å². The number of rotatable bonds is 21. The van der Waals surface area contributed by atoms with Gasteiger partial charge in [-0.05, 0) is 86.9 Å². The number of aliphatic hydroxyl groups excluding tert-OH is 1. The molecule has 0 aromatic heterocycles. The third kappa shape index (κ3) is 10.6. The SMILES string of the molecule is CCC(C)CNC(C)C(O)C(C)(O)[C@H](CC)OC(=O)C(C)C(OC1CC(C)(OC)C2(CO2)C(C)O1)C(C)C(OC1OC(C)CC(N(C)C)C1OC)C(C)C. The summed E-state index contributed by atoms with van der Waals surface area (Å²) in [5, 5.41) is 26.4. The summed E-state index contributed by atoms with van der Waals surface area (Å²) in [6.45, 7) is 24.6. The van der Waals surface area contributed by atoms with Gasteiger partial charge in [0.25, 0.3) is 0 Å². The lowest BCUT2D eigenvalue weighted by Crippen LogP contribution is -2.60. The van der Waals surface area contributed by atoms with Gasteiger partial charge in [0.05, 0.1) is 36.9 Å². The van der Waals surface area contributed by atoms with Crippen LogP contribution in [0.5, 0.6) is 0 Å². The number of nitrogens with zero attached hydrogens (tertiary/aromatic N) is 1. The van der Waals surface area contributed by atoms with Crippen molar-refractivity contribution in [3.63, 3.8) is 0 Å². The van der Waals surface area contributed by atoms with Crippen molar-refractivity contribution in [2.45, 2.75) is 193 Å². The summed E-state index contributed by atoms with van der Waals surface area (Å²) in [5.41, 5.74) is -2.97. The topological polar surface area (TPSA) is 150 Å². The number of methoxy groups -OCH3 is 2. The standard InChI is InChI=1S/C41H78N2O11/c1-17-24(5)21-42-28(9)36(44)40(12,46)31(18-2)52-37(45)27(8)34(53-32-20-39(11,48-16)41(22-49-41)29(10)51-32)26(7)33(23(3)4)54-38-35(47-15)30(43(13)14)19-25(6)50-38/h23-36,38,42,44,46H,17-22H2,1-16H3/t24?,25?,26?,27?,28?,29?,30?,31-,32?,33?,34?,35?,36?,38?,39?,40?,41?/m0/s1. The molecule has 1 spiro atoms. The van der Waals surface area contributed by atoms with Gasteiger partial charge in [-0.1, -0.05) is 48.0 Å². The van der Waals surface area contributed by atoms with Crippen molar-refractivity contribution in [3.8, 4) is 0 Å². The van der Waals surface area contributed by atoms with Gasteiger partial charge in [-0.2, -0.15) is 0 Å². The monoisotopic (exact) mass is 775 g/mol. The first kappa shape index (κ1) is 47.4. The summed E-state index contributed by atoms with van der Waals surface area (Å²) < 4.78 is 50.7. The quantitative estimate of drug-likeness (QED) is 0.111. The molecule has 318 valence electrons. The summed E-state index contributed by atoms with van der Waals surface area (Å²) in [6, 6.07) is -0.359. The third-order valence-corrected chi connectivity index (χ3v) is 12.9. The lowest BCUT2D eigenvalue weighted by molar-refractivity contribution is -0.305. The molecule has 17 atom stereocenters. The molecule has 54 heavy (non-hydrogen) atoms. The number of likely N-dealkylation sites (N-methyl/N-ethyl adjacent to an activating group) is 1. The van der Waals surface area contributed by atoms with Gasteiger partial charge in [0.15, 0.2) is 12.6 Å². The van der Waals surface area contributed by atoms with Crippen LogP contribution in [0, 0.1) is 23.7 Å². The lowest BCUT2D eigenvalue weighted by Gasteiger charge is -2.48. The maximum Gasteiger partial charge on any atom is 0.311 e. The molecule has 3 saturated heterocycles. The molecule has 3 rings (SSSR count). The molecule has 16 unspecified atom stereocenters. The van der Waals surface area contributed by atoms with Crippen molar-refractivity contribution in [2.24, 2.45) is 23.7 Å². The van der Waals surface area contributed by atoms with Crippen LogP contribution >= 0.6 is 0 Å². The highest BCUT2D eigenvalue weighted by Gasteiger charge is 2.67. The fourth-order valence-corrected chi connectivity index (χ4v) is 8.60. The van der Waals surface area contributed by atoms with Gasteiger partial charge < -0.3 is 58.3 Å². The Morgan fingerprint density at radius 1 is 1.02 bits per heavy atom. The van der Waals surface area contributed by atoms with Gasteiger partial charge in [-0.15, -0.1) is 0 Å². The molecular weight excluding hydrogens is 696 g/mol. The molecule has 0 aromatic rings. The smallest absolute Gasteiger partial charge is 0.311 e. The Bertz CT molecular complexity index is 1150. The summed E-state index contributed by atoms with van der Waals surface area (Å²) in [7, 11) is 7.42. The van der Waals surface area contributed by atoms with E-state index in [4.69, 9.17) is 37.9 Å². The molecule has 0 bridgehead atoms. The minimum absolute atomic E-state index is 0.00674. The van der Waals surface area contributed by atoms with Crippen LogP contribution in [0.3, 0.4) is 0 Å². The number of esters is 1. The maximum atomic E-state index is 14.3. The molecule has 3 heterocycles. The lowest BCUT2D eigenvalue weighted by atomic mass is 9.79. The van der Waals surface area contributed by atoms with Gasteiger partial charge in [0.2, 0.25) is 0 Å². The highest BCUT2D eigenvalue weighted by atomic mass is 16.7. The van der Waals surface area contributed by atoms with E-state index in [9.17, 15) is 15.0 Å². The second-order valence-electron chi connectivity index (χ2n) is 17.6. The van der Waals surface area contributed by atoms with Crippen LogP contribution < -0.4 is 5.32 Å². The van der Waals surface area contributed by atoms with Crippen molar-refractivity contribution < 1.29 is 52.9 Å². The van der Waals surface area contributed by atoms with E-state index in [1.807, 2.05) is 55.6 Å². The molecule has 3 aliphatic rings. The van der Waals surface area contributed by atoms with Gasteiger partial charge in [0, 0.05) is 38.6 Å². The van der Waals surface area contributed by atoms with E-state index in [1.165, 1.54) is 6.92 Å². The second-order valence-corrected chi connectivity index (χ2v) is 17.6. The Morgan fingerprint density at radius 3 is 2.15 bits per heavy atom. The Hall–Kier alpha value is -0.970. The van der Waals surface area contributed by atoms with Crippen LogP contribution in [0.25, 0.3) is 0 Å². The normalized spacial score (nSPS) is 35.9. The summed E-state index contributed by atoms with van der Waals surface area (Å²) >= 11 is 0. The molecule has 3 aliphatic heterocycles. The number of hydrogen-bond acceptors (Lipinski definition) is 13. The first-order chi connectivity index (χ1) is 25.1. The second kappa shape index (κ2) is 19.7. The first-order valence-electron chi connectivity index (χ1n) is 20.5. The maximum absolute atomic E-state index is 14.3. The molecule has 0 radical (unpaired) electrons. The number of nitrogens with one attached hydrogen (secondary N) is 1. The van der Waals surface area contributed by atoms with Crippen molar-refractivity contribution in [2.75, 3.05) is 41.5 Å². The zero-order valence-electron chi connectivity index (χ0n) is 36.4. The first-order valence-corrected chi connectivity index (χ1v) is 20.5. The van der Waals surface area contributed by atoms with Crippen LogP contribution in [0.15, 0.2) is 0 Å². The van der Waals surface area contributed by atoms with Crippen LogP contribution in [-0.4, -0.2) is 147 Å². The molecule has 0 saturated carbocycles. The average Bonchev–Trinajstić information content (AvgIpc) is 3.94. The largest absolute Gasteiger partial charge is 0.459 e. The zero-order valence-corrected chi connectivity index (χ0v) is 36.4. The van der Waals surface area contributed by atoms with Crippen molar-refractivity contribution in [3.05, 3.63) is 0 Å². The molecular formula is C41H78N2O11. The van der Waals surface area contributed by atoms with E-state index < -0.39 is 71.7 Å². The number of epoxide rings is 1. The van der Waals surface area contributed by atoms with Gasteiger partial charge in [0.1, 0.15) is 35.1 Å². The Balaban J connectivity index is 1.93. The summed E-state index contributed by atoms with van der Waals surface area (Å²) in [5.74, 6) is -1.36. The van der Waals surface area contributed by atoms with Gasteiger partial charge in [-0.25, -0.2) is 0 Å². The number of aliphatic hydroxyl groups is 2. The molecule has 13 heteroatoms. The van der Waals surface area contributed by atoms with E-state index in [1.54, 1.807) is 21.1 Å². The van der Waals surface area contributed by atoms with E-state index in [2.05, 4.69) is 37.9 Å². The van der Waals surface area contributed by atoms with E-state index in [-0.39, 0.29) is 36.2 Å². The van der Waals surface area contributed by atoms with Crippen LogP contribution in [0.4, 0.5) is 0 Å². The third-order valence-electron chi connectivity index (χ3n) is 12.9. The Labute approximate surface area is 326 Å². The number of carbonyl (C=O) groups is 1. The van der Waals surface area contributed by atoms with Crippen LogP contribution in [0.2, 0.25) is 0 Å². The molecule has 0 aromatic carbocycles. The predicted molar refractivity (Wildman–Crippen MR) is 207 cm³/mol. The molecule has 3 fully saturated rings. The molecule has 0 aliphatic carbocycles. The van der Waals surface area contributed by atoms with E-state index in [0.29, 0.717) is 31.9 Å². The molecule has 13 nitrogen and oxygen atoms in total. The minimum atomic E-state index is -1.73. The molecule has 0 amide bonds. The fraction of sp³-hybridized carbons (Fsp3) is 0.976. The predicted octanol–water partition coefficient (Wildman–Crippen LogP) is 4.53. The van der Waals surface area contributed by atoms with E-state index >= 15 is 0 Å². The van der Waals surface area contributed by atoms with Crippen LogP contribution in [-0.2, 0) is 42.7 Å². The number of carbonyl (C=O) groups excluding carboxylic acids is 1. The van der Waals surface area contributed by atoms with Crippen molar-refractivity contribution >= 4 is 5.97 Å².